The molecule has 1 atom stereocenters. The Morgan fingerprint density at radius 1 is 1.08 bits per heavy atom. The fourth-order valence-corrected chi connectivity index (χ4v) is 3.70. The van der Waals surface area contributed by atoms with Crippen LogP contribution in [0.15, 0.2) is 42.5 Å². The number of hydrogen-bond acceptors (Lipinski definition) is 4. The van der Waals surface area contributed by atoms with Crippen molar-refractivity contribution in [1.29, 1.82) is 0 Å². The fraction of sp³-hybridized carbons (Fsp3) is 0.333. The van der Waals surface area contributed by atoms with Crippen molar-refractivity contribution in [3.8, 4) is 5.75 Å². The van der Waals surface area contributed by atoms with E-state index in [1.54, 1.807) is 11.0 Å². The summed E-state index contributed by atoms with van der Waals surface area (Å²) in [5.41, 5.74) is 3.91. The maximum Gasteiger partial charge on any atom is 0.348 e. The first-order chi connectivity index (χ1) is 12.7. The number of methoxy groups -OCH3 is 1. The van der Waals surface area contributed by atoms with Crippen molar-refractivity contribution in [2.24, 2.45) is 0 Å². The molecular formula is C21H21NO4. The Kier molecular flexibility index (Phi) is 4.37. The van der Waals surface area contributed by atoms with Gasteiger partial charge in [-0.15, -0.1) is 0 Å². The number of rotatable bonds is 2. The third kappa shape index (κ3) is 2.94. The number of para-hydroxylation sites is 2. The number of nitrogens with zero attached hydrogens (tertiary/aromatic N) is 1. The molecule has 0 saturated carbocycles. The van der Waals surface area contributed by atoms with Crippen LogP contribution in [0.2, 0.25) is 0 Å². The number of carbonyl (C=O) groups excluding carboxylic acids is 2. The number of benzene rings is 2. The molecule has 0 spiro atoms. The van der Waals surface area contributed by atoms with Crippen LogP contribution in [-0.2, 0) is 22.4 Å². The summed E-state index contributed by atoms with van der Waals surface area (Å²) in [5, 5.41) is 0. The minimum Gasteiger partial charge on any atom is -0.475 e. The molecule has 2 aliphatic rings. The number of anilines is 1. The number of carbonyl (C=O) groups is 2. The molecule has 0 saturated heterocycles. The number of amides is 1. The van der Waals surface area contributed by atoms with Gasteiger partial charge in [-0.3, -0.25) is 4.79 Å². The largest absolute Gasteiger partial charge is 0.475 e. The van der Waals surface area contributed by atoms with E-state index < -0.39 is 12.1 Å². The fourth-order valence-electron chi connectivity index (χ4n) is 3.70. The van der Waals surface area contributed by atoms with Crippen LogP contribution in [0.5, 0.6) is 5.75 Å². The molecule has 0 fully saturated rings. The minimum atomic E-state index is -0.823. The van der Waals surface area contributed by atoms with E-state index in [0.29, 0.717) is 17.0 Å². The first-order valence-electron chi connectivity index (χ1n) is 8.94. The summed E-state index contributed by atoms with van der Waals surface area (Å²) in [4.78, 5) is 26.8. The summed E-state index contributed by atoms with van der Waals surface area (Å²) < 4.78 is 10.5. The Morgan fingerprint density at radius 3 is 2.65 bits per heavy atom. The lowest BCUT2D eigenvalue weighted by Crippen LogP contribution is -2.47. The Hall–Kier alpha value is -2.82. The Balaban J connectivity index is 1.69. The van der Waals surface area contributed by atoms with Crippen LogP contribution in [0.4, 0.5) is 5.69 Å². The topological polar surface area (TPSA) is 55.8 Å². The van der Waals surface area contributed by atoms with Gasteiger partial charge in [0.1, 0.15) is 5.75 Å². The summed E-state index contributed by atoms with van der Waals surface area (Å²) >= 11 is 0. The van der Waals surface area contributed by atoms with Crippen LogP contribution < -0.4 is 9.64 Å². The molecule has 0 N–H and O–H groups in total. The van der Waals surface area contributed by atoms with E-state index in [9.17, 15) is 9.59 Å². The van der Waals surface area contributed by atoms with Crippen molar-refractivity contribution in [3.05, 3.63) is 59.2 Å². The Bertz CT molecular complexity index is 861. The molecular weight excluding hydrogens is 330 g/mol. The van der Waals surface area contributed by atoms with Gasteiger partial charge >= 0.3 is 5.97 Å². The predicted octanol–water partition coefficient (Wildman–Crippen LogP) is 3.15. The van der Waals surface area contributed by atoms with Crippen molar-refractivity contribution in [1.82, 2.24) is 0 Å². The number of fused-ring (bicyclic) bond motifs is 2. The molecule has 2 aromatic carbocycles. The second-order valence-corrected chi connectivity index (χ2v) is 6.70. The summed E-state index contributed by atoms with van der Waals surface area (Å²) in [6.07, 6.45) is 3.64. The third-order valence-electron chi connectivity index (χ3n) is 5.08. The average molecular weight is 351 g/mol. The third-order valence-corrected chi connectivity index (χ3v) is 5.08. The maximum absolute atomic E-state index is 13.2. The van der Waals surface area contributed by atoms with Gasteiger partial charge in [-0.1, -0.05) is 18.2 Å². The molecule has 5 heteroatoms. The summed E-state index contributed by atoms with van der Waals surface area (Å²) in [6, 6.07) is 13.2. The zero-order valence-electron chi connectivity index (χ0n) is 14.7. The van der Waals surface area contributed by atoms with Crippen LogP contribution in [-0.4, -0.2) is 31.6 Å². The molecule has 0 radical (unpaired) electrons. The first kappa shape index (κ1) is 16.6. The lowest BCUT2D eigenvalue weighted by atomic mass is 9.90. The molecule has 5 nitrogen and oxygen atoms in total. The quantitative estimate of drug-likeness (QED) is 0.780. The smallest absolute Gasteiger partial charge is 0.348 e. The minimum absolute atomic E-state index is 0.122. The summed E-state index contributed by atoms with van der Waals surface area (Å²) in [6.45, 7) is 0.138. The standard InChI is InChI=1S/C21H21NO4/c1-25-21(24)19-13-22(17-8-4-5-9-18(17)26-19)20(23)16-11-10-14-6-2-3-7-15(14)12-16/h4-5,8-12,19H,2-3,6-7,13H2,1H3/t19-/m1/s1. The Labute approximate surface area is 152 Å². The van der Waals surface area contributed by atoms with E-state index in [0.717, 1.165) is 19.3 Å². The van der Waals surface area contributed by atoms with Crippen LogP contribution >= 0.6 is 0 Å². The lowest BCUT2D eigenvalue weighted by Gasteiger charge is -2.33. The molecule has 1 aliphatic heterocycles. The van der Waals surface area contributed by atoms with Crippen LogP contribution in [0.25, 0.3) is 0 Å². The lowest BCUT2D eigenvalue weighted by molar-refractivity contribution is -0.148. The zero-order chi connectivity index (χ0) is 18.1. The normalized spacial score (nSPS) is 18.3. The molecule has 0 aromatic heterocycles. The van der Waals surface area contributed by atoms with Gasteiger partial charge in [0.15, 0.2) is 0 Å². The van der Waals surface area contributed by atoms with E-state index in [-0.39, 0.29) is 12.5 Å². The van der Waals surface area contributed by atoms with Crippen molar-refractivity contribution in [3.63, 3.8) is 0 Å². The van der Waals surface area contributed by atoms with Gasteiger partial charge in [0, 0.05) is 5.56 Å². The molecule has 0 bridgehead atoms. The van der Waals surface area contributed by atoms with Crippen LogP contribution in [0, 0.1) is 0 Å². The Morgan fingerprint density at radius 2 is 1.85 bits per heavy atom. The number of ether oxygens (including phenoxy) is 2. The van der Waals surface area contributed by atoms with Gasteiger partial charge in [0.05, 0.1) is 19.3 Å². The van der Waals surface area contributed by atoms with E-state index in [1.807, 2.05) is 30.3 Å². The van der Waals surface area contributed by atoms with Crippen LogP contribution in [0.3, 0.4) is 0 Å². The number of esters is 1. The monoisotopic (exact) mass is 351 g/mol. The van der Waals surface area contributed by atoms with Gasteiger partial charge < -0.3 is 14.4 Å². The maximum atomic E-state index is 13.2. The van der Waals surface area contributed by atoms with Crippen molar-refractivity contribution >= 4 is 17.6 Å². The molecule has 1 aliphatic carbocycles. The van der Waals surface area contributed by atoms with E-state index >= 15 is 0 Å². The molecule has 1 amide bonds. The first-order valence-corrected chi connectivity index (χ1v) is 8.94. The highest BCUT2D eigenvalue weighted by Crippen LogP contribution is 2.34. The van der Waals surface area contributed by atoms with Crippen molar-refractivity contribution in [2.75, 3.05) is 18.6 Å². The van der Waals surface area contributed by atoms with E-state index in [2.05, 4.69) is 6.07 Å². The molecule has 2 aromatic rings. The number of aryl methyl sites for hydroxylation is 2. The number of hydrogen-bond donors (Lipinski definition) is 0. The van der Waals surface area contributed by atoms with Gasteiger partial charge in [-0.25, -0.2) is 4.79 Å². The van der Waals surface area contributed by atoms with Crippen LogP contribution in [0.1, 0.15) is 34.3 Å². The predicted molar refractivity (Wildman–Crippen MR) is 97.6 cm³/mol. The molecule has 1 heterocycles. The molecule has 26 heavy (non-hydrogen) atoms. The van der Waals surface area contributed by atoms with Gasteiger partial charge in [0.25, 0.3) is 5.91 Å². The average Bonchev–Trinajstić information content (AvgIpc) is 2.71. The van der Waals surface area contributed by atoms with Crippen molar-refractivity contribution in [2.45, 2.75) is 31.8 Å². The molecule has 4 rings (SSSR count). The highest BCUT2D eigenvalue weighted by molar-refractivity contribution is 6.08. The molecule has 134 valence electrons. The highest BCUT2D eigenvalue weighted by atomic mass is 16.6. The second-order valence-electron chi connectivity index (χ2n) is 6.70. The highest BCUT2D eigenvalue weighted by Gasteiger charge is 2.34. The van der Waals surface area contributed by atoms with Gasteiger partial charge in [-0.2, -0.15) is 0 Å². The van der Waals surface area contributed by atoms with Gasteiger partial charge in [-0.05, 0) is 61.1 Å². The zero-order valence-corrected chi connectivity index (χ0v) is 14.7. The van der Waals surface area contributed by atoms with E-state index in [4.69, 9.17) is 9.47 Å². The summed E-state index contributed by atoms with van der Waals surface area (Å²) in [5.74, 6) is -0.0915. The molecule has 0 unspecified atom stereocenters. The summed E-state index contributed by atoms with van der Waals surface area (Å²) in [7, 11) is 1.32. The van der Waals surface area contributed by atoms with Crippen molar-refractivity contribution < 1.29 is 19.1 Å². The SMILES string of the molecule is COC(=O)[C@H]1CN(C(=O)c2ccc3c(c2)CCCC3)c2ccccc2O1. The van der Waals surface area contributed by atoms with Gasteiger partial charge in [0.2, 0.25) is 6.10 Å². The second kappa shape index (κ2) is 6.83. The van der Waals surface area contributed by atoms with E-state index in [1.165, 1.54) is 24.7 Å².